The Labute approximate surface area is 73.6 Å². The van der Waals surface area contributed by atoms with Gasteiger partial charge >= 0.3 is 0 Å². The largest absolute Gasteiger partial charge is 0.228 e. The average Bonchev–Trinajstić information content (AvgIpc) is 2.28. The second-order valence-electron chi connectivity index (χ2n) is 3.98. The molecule has 0 saturated heterocycles. The molecule has 2 rings (SSSR count). The molecule has 1 heterocycles. The topological polar surface area (TPSA) is 34.1 Å². The van der Waals surface area contributed by atoms with E-state index in [2.05, 4.69) is 6.92 Å². The van der Waals surface area contributed by atoms with Crippen molar-refractivity contribution in [1.82, 2.24) is 0 Å². The zero-order valence-corrected chi connectivity index (χ0v) is 8.10. The lowest BCUT2D eigenvalue weighted by atomic mass is 9.87. The first kappa shape index (κ1) is 8.30. The summed E-state index contributed by atoms with van der Waals surface area (Å²) in [5.74, 6) is 0.875. The van der Waals surface area contributed by atoms with Crippen molar-refractivity contribution in [3.8, 4) is 0 Å². The van der Waals surface area contributed by atoms with Gasteiger partial charge in [0.1, 0.15) is 0 Å². The van der Waals surface area contributed by atoms with Crippen LogP contribution in [0.25, 0.3) is 0 Å². The Hall–Kier alpha value is -0.310. The fourth-order valence-corrected chi connectivity index (χ4v) is 4.13. The van der Waals surface area contributed by atoms with Gasteiger partial charge in [0.05, 0.1) is 11.0 Å². The first-order valence-corrected chi connectivity index (χ1v) is 6.21. The molecule has 0 aromatic carbocycles. The number of rotatable bonds is 0. The summed E-state index contributed by atoms with van der Waals surface area (Å²) in [5, 5.41) is -0.110. The molecule has 0 aromatic rings. The van der Waals surface area contributed by atoms with E-state index in [0.29, 0.717) is 11.7 Å². The Morgan fingerprint density at radius 3 is 3.00 bits per heavy atom. The number of hydrogen-bond acceptors (Lipinski definition) is 2. The molecule has 0 spiro atoms. The van der Waals surface area contributed by atoms with Gasteiger partial charge in [0.25, 0.3) is 0 Å². The van der Waals surface area contributed by atoms with Gasteiger partial charge in [-0.05, 0) is 25.2 Å². The third-order valence-corrected chi connectivity index (χ3v) is 4.96. The van der Waals surface area contributed by atoms with E-state index < -0.39 is 9.84 Å². The molecular formula is C9H14O2S. The minimum Gasteiger partial charge on any atom is -0.228 e. The van der Waals surface area contributed by atoms with Gasteiger partial charge in [0.15, 0.2) is 9.84 Å². The normalized spacial score (nSPS) is 38.9. The third kappa shape index (κ3) is 1.20. The minimum atomic E-state index is -2.77. The highest BCUT2D eigenvalue weighted by atomic mass is 32.2. The second kappa shape index (κ2) is 2.59. The molecule has 0 bridgehead atoms. The highest BCUT2D eigenvalue weighted by Crippen LogP contribution is 2.36. The molecule has 2 atom stereocenters. The Morgan fingerprint density at radius 2 is 2.25 bits per heavy atom. The molecule has 68 valence electrons. The van der Waals surface area contributed by atoms with Gasteiger partial charge in [-0.1, -0.05) is 18.6 Å². The fourth-order valence-electron chi connectivity index (χ4n) is 2.16. The monoisotopic (exact) mass is 186 g/mol. The van der Waals surface area contributed by atoms with Crippen LogP contribution in [0.4, 0.5) is 0 Å². The molecule has 0 radical (unpaired) electrons. The molecule has 0 N–H and O–H groups in total. The molecule has 0 aromatic heterocycles. The first-order chi connectivity index (χ1) is 5.59. The Balaban J connectivity index is 2.28. The van der Waals surface area contributed by atoms with E-state index in [1.165, 1.54) is 5.57 Å². The van der Waals surface area contributed by atoms with Gasteiger partial charge in [-0.2, -0.15) is 0 Å². The maximum atomic E-state index is 11.5. The standard InChI is InChI=1S/C9H14O2S/c1-7-2-3-8-4-5-12(10,11)9(8)6-7/h4,7,9H,2-3,5-6H2,1H3. The smallest absolute Gasteiger partial charge is 0.160 e. The summed E-state index contributed by atoms with van der Waals surface area (Å²) in [6.07, 6.45) is 4.95. The van der Waals surface area contributed by atoms with Crippen LogP contribution in [0.5, 0.6) is 0 Å². The van der Waals surface area contributed by atoms with E-state index in [9.17, 15) is 8.42 Å². The van der Waals surface area contributed by atoms with Crippen molar-refractivity contribution in [2.45, 2.75) is 31.4 Å². The van der Waals surface area contributed by atoms with E-state index >= 15 is 0 Å². The molecule has 1 saturated carbocycles. The van der Waals surface area contributed by atoms with Crippen LogP contribution < -0.4 is 0 Å². The molecule has 1 fully saturated rings. The van der Waals surface area contributed by atoms with Crippen LogP contribution in [-0.2, 0) is 9.84 Å². The van der Waals surface area contributed by atoms with Crippen LogP contribution in [0, 0.1) is 5.92 Å². The summed E-state index contributed by atoms with van der Waals surface area (Å²) in [7, 11) is -2.77. The van der Waals surface area contributed by atoms with E-state index in [1.54, 1.807) is 0 Å². The first-order valence-electron chi connectivity index (χ1n) is 4.50. The number of sulfone groups is 1. The molecule has 0 amide bonds. The summed E-state index contributed by atoms with van der Waals surface area (Å²) < 4.78 is 23.0. The van der Waals surface area contributed by atoms with Crippen molar-refractivity contribution in [3.63, 3.8) is 0 Å². The zero-order valence-electron chi connectivity index (χ0n) is 7.29. The van der Waals surface area contributed by atoms with Crippen LogP contribution >= 0.6 is 0 Å². The zero-order chi connectivity index (χ0) is 8.77. The van der Waals surface area contributed by atoms with Gasteiger partial charge in [-0.15, -0.1) is 0 Å². The lowest BCUT2D eigenvalue weighted by Gasteiger charge is -2.25. The molecule has 1 aliphatic carbocycles. The molecule has 3 heteroatoms. The quantitative estimate of drug-likeness (QED) is 0.538. The molecule has 12 heavy (non-hydrogen) atoms. The highest BCUT2D eigenvalue weighted by molar-refractivity contribution is 7.92. The van der Waals surface area contributed by atoms with Crippen LogP contribution in [0.3, 0.4) is 0 Å². The van der Waals surface area contributed by atoms with Gasteiger partial charge in [0.2, 0.25) is 0 Å². The summed E-state index contributed by atoms with van der Waals surface area (Å²) in [5.41, 5.74) is 1.19. The average molecular weight is 186 g/mol. The molecular weight excluding hydrogens is 172 g/mol. The van der Waals surface area contributed by atoms with Crippen LogP contribution in [-0.4, -0.2) is 19.4 Å². The third-order valence-electron chi connectivity index (χ3n) is 2.97. The molecule has 2 unspecified atom stereocenters. The Bertz CT molecular complexity index is 313. The molecule has 1 aliphatic heterocycles. The SMILES string of the molecule is CC1CCC2=CCS(=O)(=O)C2C1. The fraction of sp³-hybridized carbons (Fsp3) is 0.778. The van der Waals surface area contributed by atoms with Gasteiger partial charge < -0.3 is 0 Å². The predicted octanol–water partition coefficient (Wildman–Crippen LogP) is 1.53. The van der Waals surface area contributed by atoms with Crippen molar-refractivity contribution in [1.29, 1.82) is 0 Å². The van der Waals surface area contributed by atoms with Crippen molar-refractivity contribution in [2.24, 2.45) is 5.92 Å². The maximum absolute atomic E-state index is 11.5. The Morgan fingerprint density at radius 1 is 1.50 bits per heavy atom. The van der Waals surface area contributed by atoms with Crippen molar-refractivity contribution >= 4 is 9.84 Å². The number of fused-ring (bicyclic) bond motifs is 1. The van der Waals surface area contributed by atoms with Gasteiger partial charge in [0, 0.05) is 0 Å². The highest BCUT2D eigenvalue weighted by Gasteiger charge is 2.36. The molecule has 2 aliphatic rings. The van der Waals surface area contributed by atoms with Crippen LogP contribution in [0.2, 0.25) is 0 Å². The summed E-state index contributed by atoms with van der Waals surface area (Å²) in [6.45, 7) is 2.14. The van der Waals surface area contributed by atoms with E-state index in [1.807, 2.05) is 6.08 Å². The number of hydrogen-bond donors (Lipinski definition) is 0. The summed E-state index contributed by atoms with van der Waals surface area (Å²) >= 11 is 0. The van der Waals surface area contributed by atoms with Crippen molar-refractivity contribution in [2.75, 3.05) is 5.75 Å². The summed E-state index contributed by atoms with van der Waals surface area (Å²) in [6, 6.07) is 0. The van der Waals surface area contributed by atoms with E-state index in [0.717, 1.165) is 19.3 Å². The predicted molar refractivity (Wildman–Crippen MR) is 48.7 cm³/mol. The van der Waals surface area contributed by atoms with Gasteiger partial charge in [-0.25, -0.2) is 8.42 Å². The van der Waals surface area contributed by atoms with Gasteiger partial charge in [-0.3, -0.25) is 0 Å². The van der Waals surface area contributed by atoms with Crippen LogP contribution in [0.15, 0.2) is 11.6 Å². The lowest BCUT2D eigenvalue weighted by Crippen LogP contribution is -2.26. The van der Waals surface area contributed by atoms with Crippen molar-refractivity contribution < 1.29 is 8.42 Å². The lowest BCUT2D eigenvalue weighted by molar-refractivity contribution is 0.442. The minimum absolute atomic E-state index is 0.110. The second-order valence-corrected chi connectivity index (χ2v) is 6.20. The summed E-state index contributed by atoms with van der Waals surface area (Å²) in [4.78, 5) is 0. The van der Waals surface area contributed by atoms with Crippen LogP contribution in [0.1, 0.15) is 26.2 Å². The maximum Gasteiger partial charge on any atom is 0.160 e. The van der Waals surface area contributed by atoms with Crippen molar-refractivity contribution in [3.05, 3.63) is 11.6 Å². The Kier molecular flexibility index (Phi) is 1.79. The van der Waals surface area contributed by atoms with E-state index in [4.69, 9.17) is 0 Å². The van der Waals surface area contributed by atoms with E-state index in [-0.39, 0.29) is 5.25 Å². The molecule has 2 nitrogen and oxygen atoms in total.